The van der Waals surface area contributed by atoms with E-state index in [0.717, 1.165) is 36.4 Å². The quantitative estimate of drug-likeness (QED) is 0.621. The number of esters is 1. The van der Waals surface area contributed by atoms with Crippen molar-refractivity contribution < 1.29 is 19.0 Å². The zero-order chi connectivity index (χ0) is 17.8. The van der Waals surface area contributed by atoms with Crippen molar-refractivity contribution in [1.29, 1.82) is 0 Å². The highest BCUT2D eigenvalue weighted by molar-refractivity contribution is 5.76. The number of benzene rings is 1. The molecule has 2 heterocycles. The fraction of sp³-hybridized carbons (Fsp3) is 0.550. The third-order valence-electron chi connectivity index (χ3n) is 4.74. The summed E-state index contributed by atoms with van der Waals surface area (Å²) < 4.78 is 16.3. The van der Waals surface area contributed by atoms with Crippen molar-refractivity contribution in [3.05, 3.63) is 23.8 Å². The summed E-state index contributed by atoms with van der Waals surface area (Å²) in [5, 5.41) is 0. The zero-order valence-electron chi connectivity index (χ0n) is 15.1. The first-order chi connectivity index (χ1) is 12.2. The summed E-state index contributed by atoms with van der Waals surface area (Å²) in [5.41, 5.74) is 1.06. The minimum Gasteiger partial charge on any atom is -0.466 e. The molecule has 0 saturated carbocycles. The molecule has 3 unspecified atom stereocenters. The molecule has 5 heteroatoms. The number of carbonyl (C=O) groups is 1. The van der Waals surface area contributed by atoms with Gasteiger partial charge < -0.3 is 14.2 Å². The highest BCUT2D eigenvalue weighted by Gasteiger charge is 2.45. The van der Waals surface area contributed by atoms with Crippen LogP contribution in [0.5, 0.6) is 11.5 Å². The molecule has 3 rings (SSSR count). The van der Waals surface area contributed by atoms with Crippen LogP contribution in [-0.2, 0) is 9.53 Å². The molecule has 1 aromatic rings. The van der Waals surface area contributed by atoms with Crippen LogP contribution in [0, 0.1) is 17.8 Å². The Morgan fingerprint density at radius 1 is 1.32 bits per heavy atom. The first-order valence-electron chi connectivity index (χ1n) is 8.90. The monoisotopic (exact) mass is 343 g/mol. The predicted octanol–water partition coefficient (Wildman–Crippen LogP) is 2.80. The Bertz CT molecular complexity index is 691. The molecule has 0 bridgehead atoms. The minimum absolute atomic E-state index is 0.0273. The second-order valence-corrected chi connectivity index (χ2v) is 6.45. The van der Waals surface area contributed by atoms with Crippen LogP contribution < -0.4 is 9.47 Å². The summed E-state index contributed by atoms with van der Waals surface area (Å²) in [6, 6.07) is 5.78. The van der Waals surface area contributed by atoms with Gasteiger partial charge >= 0.3 is 5.97 Å². The molecule has 0 aromatic heterocycles. The van der Waals surface area contributed by atoms with Crippen LogP contribution >= 0.6 is 0 Å². The van der Waals surface area contributed by atoms with Crippen LogP contribution in [0.2, 0.25) is 0 Å². The fourth-order valence-corrected chi connectivity index (χ4v) is 3.52. The average molecular weight is 343 g/mol. The Morgan fingerprint density at radius 2 is 2.12 bits per heavy atom. The van der Waals surface area contributed by atoms with Gasteiger partial charge in [-0.15, -0.1) is 5.92 Å². The molecule has 0 spiro atoms. The maximum Gasteiger partial charge on any atom is 0.312 e. The fourth-order valence-electron chi connectivity index (χ4n) is 3.52. The average Bonchev–Trinajstić information content (AvgIpc) is 3.19. The third-order valence-corrected chi connectivity index (χ3v) is 4.74. The van der Waals surface area contributed by atoms with E-state index in [2.05, 4.69) is 23.7 Å². The summed E-state index contributed by atoms with van der Waals surface area (Å²) in [5.74, 6) is 7.54. The maximum absolute atomic E-state index is 12.7. The Morgan fingerprint density at radius 3 is 2.88 bits per heavy atom. The van der Waals surface area contributed by atoms with Crippen LogP contribution in [0.1, 0.15) is 38.2 Å². The van der Waals surface area contributed by atoms with Crippen LogP contribution in [0.15, 0.2) is 18.2 Å². The largest absolute Gasteiger partial charge is 0.466 e. The van der Waals surface area contributed by atoms with Gasteiger partial charge in [-0.05, 0) is 38.1 Å². The van der Waals surface area contributed by atoms with Gasteiger partial charge in [-0.1, -0.05) is 18.9 Å². The second-order valence-electron chi connectivity index (χ2n) is 6.45. The molecule has 2 aliphatic heterocycles. The molecule has 1 aromatic carbocycles. The molecule has 0 radical (unpaired) electrons. The van der Waals surface area contributed by atoms with Crippen LogP contribution in [0.4, 0.5) is 0 Å². The van der Waals surface area contributed by atoms with E-state index in [1.54, 1.807) is 0 Å². The SMILES string of the molecule is CCCC#CC1C(C(=O)OCC)C(c2ccc3c(c2)OCO3)CN1C. The van der Waals surface area contributed by atoms with Gasteiger partial charge in [0.1, 0.15) is 0 Å². The number of carbonyl (C=O) groups excluding carboxylic acids is 1. The van der Waals surface area contributed by atoms with Gasteiger partial charge in [-0.25, -0.2) is 0 Å². The standard InChI is InChI=1S/C20H25NO4/c1-4-6-7-8-16-19(20(22)23-5-2)15(12-21(16)3)14-9-10-17-18(11-14)25-13-24-17/h9-11,15-16,19H,4-6,12-13H2,1-3H3. The van der Waals surface area contributed by atoms with E-state index in [1.807, 2.05) is 32.2 Å². The predicted molar refractivity (Wildman–Crippen MR) is 94.5 cm³/mol. The van der Waals surface area contributed by atoms with Gasteiger partial charge in [0.25, 0.3) is 0 Å². The van der Waals surface area contributed by atoms with Gasteiger partial charge in [0.15, 0.2) is 11.5 Å². The van der Waals surface area contributed by atoms with Crippen molar-refractivity contribution in [2.75, 3.05) is 27.0 Å². The van der Waals surface area contributed by atoms with Crippen molar-refractivity contribution in [3.8, 4) is 23.3 Å². The van der Waals surface area contributed by atoms with Gasteiger partial charge in [-0.2, -0.15) is 0 Å². The topological polar surface area (TPSA) is 48.0 Å². The van der Waals surface area contributed by atoms with Crippen molar-refractivity contribution in [3.63, 3.8) is 0 Å². The number of hydrogen-bond acceptors (Lipinski definition) is 5. The van der Waals surface area contributed by atoms with Crippen LogP contribution in [0.3, 0.4) is 0 Å². The normalized spacial score (nSPS) is 24.7. The molecule has 1 fully saturated rings. The number of nitrogens with zero attached hydrogens (tertiary/aromatic N) is 1. The Kier molecular flexibility index (Phi) is 5.50. The minimum atomic E-state index is -0.297. The van der Waals surface area contributed by atoms with Crippen LogP contribution in [-0.4, -0.2) is 43.9 Å². The smallest absolute Gasteiger partial charge is 0.312 e. The number of unbranched alkanes of at least 4 members (excludes halogenated alkanes) is 1. The lowest BCUT2D eigenvalue weighted by Gasteiger charge is -2.21. The third kappa shape index (κ3) is 3.59. The van der Waals surface area contributed by atoms with Crippen LogP contribution in [0.25, 0.3) is 0 Å². The number of ether oxygens (including phenoxy) is 3. The summed E-state index contributed by atoms with van der Waals surface area (Å²) in [6.45, 7) is 5.32. The summed E-state index contributed by atoms with van der Waals surface area (Å²) in [6.07, 6.45) is 1.85. The summed E-state index contributed by atoms with van der Waals surface area (Å²) in [7, 11) is 2.02. The molecule has 134 valence electrons. The lowest BCUT2D eigenvalue weighted by molar-refractivity contribution is -0.148. The Hall–Kier alpha value is -2.19. The molecular weight excluding hydrogens is 318 g/mol. The van der Waals surface area contributed by atoms with Gasteiger partial charge in [0, 0.05) is 18.9 Å². The second kappa shape index (κ2) is 7.79. The van der Waals surface area contributed by atoms with Crippen molar-refractivity contribution in [2.24, 2.45) is 5.92 Å². The van der Waals surface area contributed by atoms with Crippen molar-refractivity contribution >= 4 is 5.97 Å². The molecule has 1 saturated heterocycles. The van der Waals surface area contributed by atoms with E-state index in [0.29, 0.717) is 6.61 Å². The van der Waals surface area contributed by atoms with E-state index in [9.17, 15) is 4.79 Å². The lowest BCUT2D eigenvalue weighted by Crippen LogP contribution is -2.33. The Labute approximate surface area is 149 Å². The Balaban J connectivity index is 1.91. The zero-order valence-corrected chi connectivity index (χ0v) is 15.1. The highest BCUT2D eigenvalue weighted by atomic mass is 16.7. The molecule has 5 nitrogen and oxygen atoms in total. The van der Waals surface area contributed by atoms with Crippen molar-refractivity contribution in [1.82, 2.24) is 4.90 Å². The maximum atomic E-state index is 12.7. The molecule has 0 amide bonds. The van der Waals surface area contributed by atoms with E-state index in [-0.39, 0.29) is 30.6 Å². The molecule has 0 N–H and O–H groups in total. The number of fused-ring (bicyclic) bond motifs is 1. The van der Waals surface area contributed by atoms with E-state index in [1.165, 1.54) is 0 Å². The first kappa shape index (κ1) is 17.6. The number of likely N-dealkylation sites (N-methyl/N-ethyl adjacent to an activating group) is 1. The molecule has 3 atom stereocenters. The van der Waals surface area contributed by atoms with E-state index < -0.39 is 0 Å². The number of hydrogen-bond donors (Lipinski definition) is 0. The summed E-state index contributed by atoms with van der Waals surface area (Å²) >= 11 is 0. The van der Waals surface area contributed by atoms with Gasteiger partial charge in [-0.3, -0.25) is 9.69 Å². The van der Waals surface area contributed by atoms with E-state index >= 15 is 0 Å². The lowest BCUT2D eigenvalue weighted by atomic mass is 9.85. The molecule has 25 heavy (non-hydrogen) atoms. The number of rotatable bonds is 4. The highest BCUT2D eigenvalue weighted by Crippen LogP contribution is 2.41. The summed E-state index contributed by atoms with van der Waals surface area (Å²) in [4.78, 5) is 14.8. The van der Waals surface area contributed by atoms with Gasteiger partial charge in [0.05, 0.1) is 18.6 Å². The molecule has 0 aliphatic carbocycles. The van der Waals surface area contributed by atoms with Gasteiger partial charge in [0.2, 0.25) is 6.79 Å². The molecular formula is C20H25NO4. The van der Waals surface area contributed by atoms with E-state index in [4.69, 9.17) is 14.2 Å². The van der Waals surface area contributed by atoms with Crippen molar-refractivity contribution in [2.45, 2.75) is 38.6 Å². The molecule has 2 aliphatic rings. The first-order valence-corrected chi connectivity index (χ1v) is 8.90. The number of likely N-dealkylation sites (tertiary alicyclic amines) is 1.